The molecular weight excluding hydrogens is 314 g/mol. The van der Waals surface area contributed by atoms with Crippen molar-refractivity contribution in [3.05, 3.63) is 35.4 Å². The van der Waals surface area contributed by atoms with Crippen LogP contribution in [0.3, 0.4) is 0 Å². The molecule has 1 aliphatic carbocycles. The molecule has 3 N–H and O–H groups in total. The van der Waals surface area contributed by atoms with E-state index >= 15 is 0 Å². The second kappa shape index (κ2) is 9.87. The van der Waals surface area contributed by atoms with Crippen LogP contribution in [-0.2, 0) is 9.59 Å². The molecule has 25 heavy (non-hydrogen) atoms. The van der Waals surface area contributed by atoms with Crippen LogP contribution in [0.2, 0.25) is 0 Å². The molecule has 5 heteroatoms. The molecule has 5 nitrogen and oxygen atoms in total. The fraction of sp³-hybridized carbons (Fsp3) is 0.500. The maximum Gasteiger partial charge on any atom is 0.239 e. The first kappa shape index (κ1) is 19.0. The summed E-state index contributed by atoms with van der Waals surface area (Å²) in [7, 11) is 0. The summed E-state index contributed by atoms with van der Waals surface area (Å²) in [6.45, 7) is 4.67. The molecule has 0 radical (unpaired) electrons. The minimum atomic E-state index is -0.0185. The van der Waals surface area contributed by atoms with Crippen molar-refractivity contribution in [2.45, 2.75) is 52.4 Å². The van der Waals surface area contributed by atoms with Gasteiger partial charge in [0, 0.05) is 24.3 Å². The van der Waals surface area contributed by atoms with Crippen molar-refractivity contribution in [2.24, 2.45) is 0 Å². The van der Waals surface area contributed by atoms with E-state index in [0.29, 0.717) is 13.0 Å². The van der Waals surface area contributed by atoms with Crippen molar-refractivity contribution >= 4 is 23.2 Å². The average molecular weight is 343 g/mol. The van der Waals surface area contributed by atoms with Gasteiger partial charge in [-0.05, 0) is 56.7 Å². The fourth-order valence-electron chi connectivity index (χ4n) is 2.93. The van der Waals surface area contributed by atoms with Crippen LogP contribution in [0.4, 0.5) is 11.4 Å². The number of carbonyl (C=O) groups excluding carboxylic acids is 2. The van der Waals surface area contributed by atoms with Crippen LogP contribution in [0.1, 0.15) is 51.0 Å². The largest absolute Gasteiger partial charge is 0.376 e. The fourth-order valence-corrected chi connectivity index (χ4v) is 2.93. The summed E-state index contributed by atoms with van der Waals surface area (Å²) >= 11 is 0. The molecule has 0 saturated heterocycles. The third-order valence-corrected chi connectivity index (χ3v) is 4.52. The number of hydrogen-bond acceptors (Lipinski definition) is 3. The van der Waals surface area contributed by atoms with E-state index in [9.17, 15) is 9.59 Å². The summed E-state index contributed by atoms with van der Waals surface area (Å²) in [5.74, 6) is -0.0335. The second-order valence-corrected chi connectivity index (χ2v) is 6.44. The van der Waals surface area contributed by atoms with Crippen molar-refractivity contribution in [1.82, 2.24) is 5.32 Å². The Hall–Kier alpha value is -2.30. The SMILES string of the molecule is CCC(=O)Nc1cccc(NCC(=O)NCCC2=CCCCC2)c1C. The van der Waals surface area contributed by atoms with E-state index in [-0.39, 0.29) is 18.4 Å². The van der Waals surface area contributed by atoms with E-state index in [1.54, 1.807) is 0 Å². The summed E-state index contributed by atoms with van der Waals surface area (Å²) in [4.78, 5) is 23.6. The molecule has 0 aliphatic heterocycles. The molecule has 0 unspecified atom stereocenters. The van der Waals surface area contributed by atoms with Gasteiger partial charge < -0.3 is 16.0 Å². The smallest absolute Gasteiger partial charge is 0.239 e. The number of amides is 2. The molecule has 0 spiro atoms. The van der Waals surface area contributed by atoms with Gasteiger partial charge in [-0.2, -0.15) is 0 Å². The number of allylic oxidation sites excluding steroid dienone is 1. The van der Waals surface area contributed by atoms with Crippen molar-refractivity contribution < 1.29 is 9.59 Å². The molecule has 0 bridgehead atoms. The molecule has 1 aromatic carbocycles. The number of rotatable bonds is 8. The van der Waals surface area contributed by atoms with Crippen LogP contribution in [-0.4, -0.2) is 24.9 Å². The van der Waals surface area contributed by atoms with Gasteiger partial charge in [-0.25, -0.2) is 0 Å². The first-order valence-corrected chi connectivity index (χ1v) is 9.18. The first-order valence-electron chi connectivity index (χ1n) is 9.18. The lowest BCUT2D eigenvalue weighted by atomic mass is 9.97. The van der Waals surface area contributed by atoms with Gasteiger partial charge in [-0.1, -0.05) is 24.6 Å². The minimum absolute atomic E-state index is 0.0150. The quantitative estimate of drug-likeness (QED) is 0.629. The maximum atomic E-state index is 12.0. The van der Waals surface area contributed by atoms with Crippen molar-refractivity contribution in [3.63, 3.8) is 0 Å². The lowest BCUT2D eigenvalue weighted by molar-refractivity contribution is -0.119. The van der Waals surface area contributed by atoms with E-state index in [1.165, 1.54) is 31.3 Å². The zero-order valence-electron chi connectivity index (χ0n) is 15.3. The minimum Gasteiger partial charge on any atom is -0.376 e. The normalized spacial score (nSPS) is 13.8. The Morgan fingerprint density at radius 3 is 2.64 bits per heavy atom. The maximum absolute atomic E-state index is 12.0. The molecule has 2 rings (SSSR count). The van der Waals surface area contributed by atoms with E-state index in [1.807, 2.05) is 32.0 Å². The lowest BCUT2D eigenvalue weighted by Gasteiger charge is -2.15. The summed E-state index contributed by atoms with van der Waals surface area (Å²) in [5, 5.41) is 8.99. The molecule has 136 valence electrons. The van der Waals surface area contributed by atoms with Crippen molar-refractivity contribution in [2.75, 3.05) is 23.7 Å². The van der Waals surface area contributed by atoms with Crippen LogP contribution in [0.5, 0.6) is 0 Å². The Morgan fingerprint density at radius 1 is 1.12 bits per heavy atom. The Balaban J connectivity index is 1.78. The Kier molecular flexibility index (Phi) is 7.51. The van der Waals surface area contributed by atoms with Gasteiger partial charge in [0.25, 0.3) is 0 Å². The third kappa shape index (κ3) is 6.25. The highest BCUT2D eigenvalue weighted by Crippen LogP contribution is 2.23. The molecule has 0 heterocycles. The Morgan fingerprint density at radius 2 is 1.92 bits per heavy atom. The number of nitrogens with one attached hydrogen (secondary N) is 3. The van der Waals surface area contributed by atoms with E-state index < -0.39 is 0 Å². The predicted octanol–water partition coefficient (Wildman–Crippen LogP) is 3.76. The van der Waals surface area contributed by atoms with E-state index in [0.717, 1.165) is 23.4 Å². The molecule has 2 amide bonds. The Bertz CT molecular complexity index is 638. The molecule has 0 saturated carbocycles. The van der Waals surface area contributed by atoms with Crippen LogP contribution in [0.25, 0.3) is 0 Å². The van der Waals surface area contributed by atoms with E-state index in [2.05, 4.69) is 22.0 Å². The highest BCUT2D eigenvalue weighted by molar-refractivity contribution is 5.92. The Labute approximate surface area is 150 Å². The van der Waals surface area contributed by atoms with Crippen molar-refractivity contribution in [3.8, 4) is 0 Å². The average Bonchev–Trinajstić information content (AvgIpc) is 2.63. The zero-order valence-corrected chi connectivity index (χ0v) is 15.3. The number of anilines is 2. The molecule has 0 aromatic heterocycles. The molecule has 0 atom stereocenters. The monoisotopic (exact) mass is 343 g/mol. The third-order valence-electron chi connectivity index (χ3n) is 4.52. The van der Waals surface area contributed by atoms with E-state index in [4.69, 9.17) is 0 Å². The van der Waals surface area contributed by atoms with Crippen LogP contribution in [0.15, 0.2) is 29.8 Å². The van der Waals surface area contributed by atoms with Gasteiger partial charge in [-0.15, -0.1) is 0 Å². The molecule has 1 aliphatic rings. The number of carbonyl (C=O) groups is 2. The molecule has 0 fully saturated rings. The van der Waals surface area contributed by atoms with Crippen LogP contribution >= 0.6 is 0 Å². The highest BCUT2D eigenvalue weighted by atomic mass is 16.2. The van der Waals surface area contributed by atoms with Crippen LogP contribution < -0.4 is 16.0 Å². The first-order chi connectivity index (χ1) is 12.1. The topological polar surface area (TPSA) is 70.2 Å². The lowest BCUT2D eigenvalue weighted by Crippen LogP contribution is -2.31. The zero-order chi connectivity index (χ0) is 18.1. The van der Waals surface area contributed by atoms with Gasteiger partial charge in [0.2, 0.25) is 11.8 Å². The van der Waals surface area contributed by atoms with Gasteiger partial charge in [0.15, 0.2) is 0 Å². The van der Waals surface area contributed by atoms with Gasteiger partial charge >= 0.3 is 0 Å². The van der Waals surface area contributed by atoms with Gasteiger partial charge in [0.05, 0.1) is 6.54 Å². The van der Waals surface area contributed by atoms with Crippen molar-refractivity contribution in [1.29, 1.82) is 0 Å². The van der Waals surface area contributed by atoms with Gasteiger partial charge in [-0.3, -0.25) is 9.59 Å². The highest BCUT2D eigenvalue weighted by Gasteiger charge is 2.08. The second-order valence-electron chi connectivity index (χ2n) is 6.44. The summed E-state index contributed by atoms with van der Waals surface area (Å²) in [5.41, 5.74) is 4.04. The summed E-state index contributed by atoms with van der Waals surface area (Å²) < 4.78 is 0. The standard InChI is InChI=1S/C20H29N3O2/c1-3-19(24)23-18-11-7-10-17(15(18)2)22-14-20(25)21-13-12-16-8-5-4-6-9-16/h7-8,10-11,22H,3-6,9,12-14H2,1-2H3,(H,21,25)(H,23,24). The number of benzene rings is 1. The number of hydrogen-bond donors (Lipinski definition) is 3. The summed E-state index contributed by atoms with van der Waals surface area (Å²) in [6, 6.07) is 5.65. The summed E-state index contributed by atoms with van der Waals surface area (Å²) in [6.07, 6.45) is 8.60. The molecular formula is C20H29N3O2. The van der Waals surface area contributed by atoms with Gasteiger partial charge in [0.1, 0.15) is 0 Å². The molecule has 1 aromatic rings. The van der Waals surface area contributed by atoms with Crippen LogP contribution in [0, 0.1) is 6.92 Å². The predicted molar refractivity (Wildman–Crippen MR) is 103 cm³/mol.